The van der Waals surface area contributed by atoms with Crippen LogP contribution in [-0.2, 0) is 9.59 Å². The predicted octanol–water partition coefficient (Wildman–Crippen LogP) is 0.395. The van der Waals surface area contributed by atoms with Crippen LogP contribution in [0.15, 0.2) is 35.6 Å². The van der Waals surface area contributed by atoms with Crippen LogP contribution in [-0.4, -0.2) is 30.2 Å². The SMILES string of the molecule is C=C1NNC(=O)C1CCC(=O)NN=Cc1ccc(OC)c(O)c1. The first-order chi connectivity index (χ1) is 11.0. The van der Waals surface area contributed by atoms with E-state index in [0.29, 0.717) is 23.4 Å². The van der Waals surface area contributed by atoms with Crippen LogP contribution in [0.25, 0.3) is 0 Å². The Balaban J connectivity index is 1.81. The summed E-state index contributed by atoms with van der Waals surface area (Å²) in [6.07, 6.45) is 1.89. The molecule has 0 aliphatic carbocycles. The molecule has 4 N–H and O–H groups in total. The Morgan fingerprint density at radius 3 is 2.91 bits per heavy atom. The second-order valence-electron chi connectivity index (χ2n) is 4.96. The van der Waals surface area contributed by atoms with E-state index in [0.717, 1.165) is 0 Å². The van der Waals surface area contributed by atoms with Gasteiger partial charge < -0.3 is 15.3 Å². The number of benzene rings is 1. The number of carbonyl (C=O) groups is 2. The van der Waals surface area contributed by atoms with Crippen molar-refractivity contribution in [1.29, 1.82) is 0 Å². The number of ether oxygens (including phenoxy) is 1. The lowest BCUT2D eigenvalue weighted by Crippen LogP contribution is -2.26. The maximum Gasteiger partial charge on any atom is 0.247 e. The number of methoxy groups -OCH3 is 1. The lowest BCUT2D eigenvalue weighted by Gasteiger charge is -2.06. The van der Waals surface area contributed by atoms with Crippen LogP contribution in [0.4, 0.5) is 0 Å². The molecule has 0 bridgehead atoms. The van der Waals surface area contributed by atoms with E-state index in [1.807, 2.05) is 0 Å². The van der Waals surface area contributed by atoms with Crippen LogP contribution < -0.4 is 21.0 Å². The second-order valence-corrected chi connectivity index (χ2v) is 4.96. The smallest absolute Gasteiger partial charge is 0.247 e. The molecule has 8 heteroatoms. The summed E-state index contributed by atoms with van der Waals surface area (Å²) in [6, 6.07) is 4.75. The maximum absolute atomic E-state index is 11.7. The molecule has 1 aromatic rings. The van der Waals surface area contributed by atoms with E-state index in [4.69, 9.17) is 4.74 Å². The minimum Gasteiger partial charge on any atom is -0.504 e. The summed E-state index contributed by atoms with van der Waals surface area (Å²) in [5.41, 5.74) is 8.60. The zero-order valence-electron chi connectivity index (χ0n) is 12.6. The first-order valence-corrected chi connectivity index (χ1v) is 6.95. The number of hydrazine groups is 1. The molecule has 2 rings (SSSR count). The Bertz CT molecular complexity index is 641. The summed E-state index contributed by atoms with van der Waals surface area (Å²) < 4.78 is 4.93. The van der Waals surface area contributed by atoms with Gasteiger partial charge in [0.2, 0.25) is 11.8 Å². The molecule has 0 aromatic heterocycles. The molecule has 1 heterocycles. The van der Waals surface area contributed by atoms with Crippen molar-refractivity contribution in [1.82, 2.24) is 16.3 Å². The molecule has 0 spiro atoms. The quantitative estimate of drug-likeness (QED) is 0.448. The van der Waals surface area contributed by atoms with Crippen molar-refractivity contribution in [2.75, 3.05) is 7.11 Å². The molecule has 2 amide bonds. The van der Waals surface area contributed by atoms with Crippen molar-refractivity contribution in [2.45, 2.75) is 12.8 Å². The van der Waals surface area contributed by atoms with Gasteiger partial charge in [-0.3, -0.25) is 15.0 Å². The molecule has 1 aliphatic rings. The lowest BCUT2D eigenvalue weighted by molar-refractivity contribution is -0.123. The number of hydrazone groups is 1. The van der Waals surface area contributed by atoms with Crippen molar-refractivity contribution in [3.05, 3.63) is 36.0 Å². The van der Waals surface area contributed by atoms with Gasteiger partial charge in [-0.1, -0.05) is 6.58 Å². The highest BCUT2D eigenvalue weighted by atomic mass is 16.5. The number of hydrogen-bond acceptors (Lipinski definition) is 6. The van der Waals surface area contributed by atoms with Crippen molar-refractivity contribution in [3.63, 3.8) is 0 Å². The minimum atomic E-state index is -0.414. The molecule has 0 radical (unpaired) electrons. The van der Waals surface area contributed by atoms with Crippen LogP contribution >= 0.6 is 0 Å². The van der Waals surface area contributed by atoms with Gasteiger partial charge in [0.25, 0.3) is 0 Å². The number of amides is 2. The lowest BCUT2D eigenvalue weighted by atomic mass is 10.0. The average Bonchev–Trinajstić information content (AvgIpc) is 2.84. The highest BCUT2D eigenvalue weighted by Crippen LogP contribution is 2.25. The van der Waals surface area contributed by atoms with Crippen molar-refractivity contribution in [3.8, 4) is 11.5 Å². The van der Waals surface area contributed by atoms with E-state index < -0.39 is 5.92 Å². The van der Waals surface area contributed by atoms with Crippen molar-refractivity contribution < 1.29 is 19.4 Å². The van der Waals surface area contributed by atoms with E-state index in [2.05, 4.69) is 28.0 Å². The zero-order chi connectivity index (χ0) is 16.8. The van der Waals surface area contributed by atoms with E-state index in [-0.39, 0.29) is 24.0 Å². The Hall–Kier alpha value is -3.03. The largest absolute Gasteiger partial charge is 0.504 e. The van der Waals surface area contributed by atoms with Gasteiger partial charge in [0, 0.05) is 12.1 Å². The summed E-state index contributed by atoms with van der Waals surface area (Å²) >= 11 is 0. The molecule has 122 valence electrons. The monoisotopic (exact) mass is 318 g/mol. The molecule has 1 aliphatic heterocycles. The fourth-order valence-corrected chi connectivity index (χ4v) is 2.08. The van der Waals surface area contributed by atoms with E-state index >= 15 is 0 Å². The Kier molecular flexibility index (Phi) is 5.19. The first kappa shape index (κ1) is 16.3. The third-order valence-electron chi connectivity index (χ3n) is 3.35. The normalized spacial score (nSPS) is 17.0. The second kappa shape index (κ2) is 7.30. The number of nitrogens with zero attached hydrogens (tertiary/aromatic N) is 1. The summed E-state index contributed by atoms with van der Waals surface area (Å²) in [6.45, 7) is 3.70. The predicted molar refractivity (Wildman–Crippen MR) is 83.5 cm³/mol. The van der Waals surface area contributed by atoms with Gasteiger partial charge in [-0.2, -0.15) is 5.10 Å². The molecule has 0 saturated carbocycles. The first-order valence-electron chi connectivity index (χ1n) is 6.95. The van der Waals surface area contributed by atoms with Crippen LogP contribution in [0.5, 0.6) is 11.5 Å². The van der Waals surface area contributed by atoms with Gasteiger partial charge in [0.05, 0.1) is 19.2 Å². The fourth-order valence-electron chi connectivity index (χ4n) is 2.08. The Labute approximate surface area is 133 Å². The Morgan fingerprint density at radius 1 is 1.52 bits per heavy atom. The molecule has 1 aromatic carbocycles. The summed E-state index contributed by atoms with van der Waals surface area (Å²) in [5.74, 6) is -0.578. The minimum absolute atomic E-state index is 0.0129. The number of carbonyl (C=O) groups excluding carboxylic acids is 2. The van der Waals surface area contributed by atoms with Crippen molar-refractivity contribution >= 4 is 18.0 Å². The van der Waals surface area contributed by atoms with Crippen LogP contribution in [0.3, 0.4) is 0 Å². The highest BCUT2D eigenvalue weighted by molar-refractivity contribution is 5.85. The number of phenols is 1. The molecule has 1 saturated heterocycles. The number of aromatic hydroxyl groups is 1. The highest BCUT2D eigenvalue weighted by Gasteiger charge is 2.27. The van der Waals surface area contributed by atoms with Gasteiger partial charge in [0.1, 0.15) is 0 Å². The summed E-state index contributed by atoms with van der Waals surface area (Å²) in [5, 5.41) is 13.4. The fraction of sp³-hybridized carbons (Fsp3) is 0.267. The summed E-state index contributed by atoms with van der Waals surface area (Å²) in [7, 11) is 1.46. The van der Waals surface area contributed by atoms with Gasteiger partial charge in [0.15, 0.2) is 11.5 Å². The van der Waals surface area contributed by atoms with E-state index in [9.17, 15) is 14.7 Å². The zero-order valence-corrected chi connectivity index (χ0v) is 12.6. The molecular formula is C15H18N4O4. The van der Waals surface area contributed by atoms with Crippen molar-refractivity contribution in [2.24, 2.45) is 11.0 Å². The molecule has 1 atom stereocenters. The van der Waals surface area contributed by atoms with Crippen LogP contribution in [0, 0.1) is 5.92 Å². The Morgan fingerprint density at radius 2 is 2.30 bits per heavy atom. The topological polar surface area (TPSA) is 112 Å². The number of nitrogens with one attached hydrogen (secondary N) is 3. The third-order valence-corrected chi connectivity index (χ3v) is 3.35. The number of rotatable bonds is 6. The average molecular weight is 318 g/mol. The molecule has 8 nitrogen and oxygen atoms in total. The molecule has 1 fully saturated rings. The molecule has 1 unspecified atom stereocenters. The van der Waals surface area contributed by atoms with Crippen LogP contribution in [0.1, 0.15) is 18.4 Å². The molecule has 23 heavy (non-hydrogen) atoms. The standard InChI is InChI=1S/C15H18N4O4/c1-9-11(15(22)19-17-9)4-6-14(21)18-16-8-10-3-5-13(23-2)12(20)7-10/h3,5,7-8,11,17,20H,1,4,6H2,2H3,(H,18,21)(H,19,22). The van der Waals surface area contributed by atoms with E-state index in [1.165, 1.54) is 19.4 Å². The third kappa shape index (κ3) is 4.22. The summed E-state index contributed by atoms with van der Waals surface area (Å²) in [4.78, 5) is 23.1. The number of hydrogen-bond donors (Lipinski definition) is 4. The van der Waals surface area contributed by atoms with Gasteiger partial charge in [-0.25, -0.2) is 5.43 Å². The van der Waals surface area contributed by atoms with E-state index in [1.54, 1.807) is 12.1 Å². The maximum atomic E-state index is 11.7. The van der Waals surface area contributed by atoms with Gasteiger partial charge in [-0.15, -0.1) is 0 Å². The van der Waals surface area contributed by atoms with Gasteiger partial charge in [-0.05, 0) is 30.2 Å². The van der Waals surface area contributed by atoms with Crippen LogP contribution in [0.2, 0.25) is 0 Å². The number of phenolic OH excluding ortho intramolecular Hbond substituents is 1. The van der Waals surface area contributed by atoms with Gasteiger partial charge >= 0.3 is 0 Å². The molecular weight excluding hydrogens is 300 g/mol.